The van der Waals surface area contributed by atoms with Crippen LogP contribution < -0.4 is 21.1 Å². The summed E-state index contributed by atoms with van der Waals surface area (Å²) in [5.74, 6) is 0.682. The number of ether oxygens (including phenoxy) is 1. The zero-order valence-electron chi connectivity index (χ0n) is 12.6. The molecule has 0 radical (unpaired) electrons. The third-order valence-corrected chi connectivity index (χ3v) is 2.78. The molecule has 112 valence electrons. The van der Waals surface area contributed by atoms with Crippen molar-refractivity contribution in [2.45, 2.75) is 27.2 Å². The number of nitrogens with zero attached hydrogens (tertiary/aromatic N) is 1. The minimum absolute atomic E-state index is 0.152. The maximum atomic E-state index is 11.2. The van der Waals surface area contributed by atoms with Crippen LogP contribution >= 0.6 is 0 Å². The van der Waals surface area contributed by atoms with Crippen LogP contribution in [0.1, 0.15) is 27.2 Å². The molecule has 5 nitrogen and oxygen atoms in total. The second kappa shape index (κ2) is 7.62. The maximum absolute atomic E-state index is 11.2. The van der Waals surface area contributed by atoms with E-state index in [2.05, 4.69) is 13.8 Å². The topological polar surface area (TPSA) is 81.6 Å². The van der Waals surface area contributed by atoms with Crippen LogP contribution in [0, 0.1) is 5.92 Å². The van der Waals surface area contributed by atoms with Crippen LogP contribution in [0.25, 0.3) is 0 Å². The molecule has 0 unspecified atom stereocenters. The van der Waals surface area contributed by atoms with E-state index in [0.717, 1.165) is 12.1 Å². The zero-order valence-corrected chi connectivity index (χ0v) is 12.6. The smallest absolute Gasteiger partial charge is 0.236 e. The van der Waals surface area contributed by atoms with E-state index >= 15 is 0 Å². The van der Waals surface area contributed by atoms with Gasteiger partial charge in [0.05, 0.1) is 24.5 Å². The highest BCUT2D eigenvalue weighted by Crippen LogP contribution is 2.32. The maximum Gasteiger partial charge on any atom is 0.236 e. The van der Waals surface area contributed by atoms with Crippen molar-refractivity contribution in [1.82, 2.24) is 0 Å². The van der Waals surface area contributed by atoms with Gasteiger partial charge in [0.2, 0.25) is 5.91 Å². The van der Waals surface area contributed by atoms with Gasteiger partial charge in [-0.05, 0) is 24.5 Å². The number of primary amides is 1. The first-order valence-corrected chi connectivity index (χ1v) is 7.00. The van der Waals surface area contributed by atoms with Gasteiger partial charge in [-0.3, -0.25) is 4.79 Å². The molecule has 0 spiro atoms. The average Bonchev–Trinajstić information content (AvgIpc) is 2.35. The lowest BCUT2D eigenvalue weighted by molar-refractivity contribution is -0.116. The monoisotopic (exact) mass is 279 g/mol. The number of hydrogen-bond donors (Lipinski definition) is 2. The Morgan fingerprint density at radius 3 is 2.65 bits per heavy atom. The summed E-state index contributed by atoms with van der Waals surface area (Å²) in [6.45, 7) is 7.69. The van der Waals surface area contributed by atoms with Crippen molar-refractivity contribution < 1.29 is 9.53 Å². The quantitative estimate of drug-likeness (QED) is 0.713. The van der Waals surface area contributed by atoms with E-state index in [1.165, 1.54) is 0 Å². The molecule has 20 heavy (non-hydrogen) atoms. The normalized spacial score (nSPS) is 10.6. The van der Waals surface area contributed by atoms with Crippen LogP contribution in [0.5, 0.6) is 5.75 Å². The van der Waals surface area contributed by atoms with E-state index in [1.54, 1.807) is 0 Å². The number of rotatable bonds is 8. The number of para-hydroxylation sites is 1. The molecule has 4 N–H and O–H groups in total. The molecule has 1 aromatic carbocycles. The molecule has 0 aliphatic carbocycles. The predicted octanol–water partition coefficient (Wildman–Crippen LogP) is 2.01. The lowest BCUT2D eigenvalue weighted by atomic mass is 10.1. The number of hydrogen-bond acceptors (Lipinski definition) is 4. The summed E-state index contributed by atoms with van der Waals surface area (Å²) in [5.41, 5.74) is 12.8. The lowest BCUT2D eigenvalue weighted by Crippen LogP contribution is -2.36. The highest BCUT2D eigenvalue weighted by molar-refractivity contribution is 5.83. The van der Waals surface area contributed by atoms with Gasteiger partial charge in [0.25, 0.3) is 0 Å². The van der Waals surface area contributed by atoms with E-state index < -0.39 is 0 Å². The molecule has 0 fully saturated rings. The van der Waals surface area contributed by atoms with Gasteiger partial charge in [0.15, 0.2) is 0 Å². The van der Waals surface area contributed by atoms with Gasteiger partial charge in [-0.1, -0.05) is 26.8 Å². The molecule has 0 saturated heterocycles. The van der Waals surface area contributed by atoms with E-state index in [4.69, 9.17) is 16.2 Å². The van der Waals surface area contributed by atoms with Gasteiger partial charge < -0.3 is 21.1 Å². The van der Waals surface area contributed by atoms with Crippen LogP contribution in [0.15, 0.2) is 18.2 Å². The number of carbonyl (C=O) groups is 1. The molecule has 1 aromatic rings. The molecule has 0 saturated carbocycles. The first-order chi connectivity index (χ1) is 9.45. The van der Waals surface area contributed by atoms with E-state index in [9.17, 15) is 4.79 Å². The molecular formula is C15H25N3O2. The lowest BCUT2D eigenvalue weighted by Gasteiger charge is -2.27. The first-order valence-electron chi connectivity index (χ1n) is 7.00. The Labute approximate surface area is 120 Å². The van der Waals surface area contributed by atoms with Crippen molar-refractivity contribution >= 4 is 17.3 Å². The molecule has 0 aliphatic rings. The number of nitrogen functional groups attached to an aromatic ring is 1. The largest absolute Gasteiger partial charge is 0.491 e. The number of benzene rings is 1. The molecular weight excluding hydrogens is 254 g/mol. The summed E-state index contributed by atoms with van der Waals surface area (Å²) in [6.07, 6.45) is 0.917. The van der Waals surface area contributed by atoms with Gasteiger partial charge in [0.1, 0.15) is 5.75 Å². The number of amides is 1. The van der Waals surface area contributed by atoms with Crippen molar-refractivity contribution in [1.29, 1.82) is 0 Å². The molecule has 1 rings (SSSR count). The second-order valence-electron chi connectivity index (χ2n) is 5.28. The highest BCUT2D eigenvalue weighted by Gasteiger charge is 2.16. The summed E-state index contributed by atoms with van der Waals surface area (Å²) in [6, 6.07) is 5.61. The van der Waals surface area contributed by atoms with Gasteiger partial charge in [-0.25, -0.2) is 0 Å². The summed E-state index contributed by atoms with van der Waals surface area (Å²) in [5, 5.41) is 0. The second-order valence-corrected chi connectivity index (χ2v) is 5.28. The van der Waals surface area contributed by atoms with Crippen molar-refractivity contribution in [3.8, 4) is 5.75 Å². The van der Waals surface area contributed by atoms with Crippen molar-refractivity contribution in [2.24, 2.45) is 11.7 Å². The van der Waals surface area contributed by atoms with E-state index in [0.29, 0.717) is 30.5 Å². The molecule has 1 amide bonds. The molecule has 0 heterocycles. The van der Waals surface area contributed by atoms with Crippen LogP contribution in [0.3, 0.4) is 0 Å². The summed E-state index contributed by atoms with van der Waals surface area (Å²) < 4.78 is 5.62. The Kier molecular flexibility index (Phi) is 6.15. The van der Waals surface area contributed by atoms with Gasteiger partial charge >= 0.3 is 0 Å². The van der Waals surface area contributed by atoms with Crippen LogP contribution in [-0.2, 0) is 4.79 Å². The van der Waals surface area contributed by atoms with E-state index in [1.807, 2.05) is 30.0 Å². The van der Waals surface area contributed by atoms with Crippen molar-refractivity contribution in [3.05, 3.63) is 18.2 Å². The Bertz CT molecular complexity index is 447. The van der Waals surface area contributed by atoms with E-state index in [-0.39, 0.29) is 12.5 Å². The summed E-state index contributed by atoms with van der Waals surface area (Å²) in [4.78, 5) is 13.1. The Balaban J connectivity index is 3.02. The zero-order chi connectivity index (χ0) is 15.1. The minimum Gasteiger partial charge on any atom is -0.491 e. The van der Waals surface area contributed by atoms with Crippen molar-refractivity contribution in [3.63, 3.8) is 0 Å². The summed E-state index contributed by atoms with van der Waals surface area (Å²) >= 11 is 0. The van der Waals surface area contributed by atoms with Crippen LogP contribution in [0.4, 0.5) is 11.4 Å². The fraction of sp³-hybridized carbons (Fsp3) is 0.533. The minimum atomic E-state index is -0.370. The fourth-order valence-electron chi connectivity index (χ4n) is 2.02. The van der Waals surface area contributed by atoms with Gasteiger partial charge in [-0.15, -0.1) is 0 Å². The number of carbonyl (C=O) groups excluding carboxylic acids is 1. The molecule has 5 heteroatoms. The van der Waals surface area contributed by atoms with Gasteiger partial charge in [0, 0.05) is 6.54 Å². The third-order valence-electron chi connectivity index (χ3n) is 2.78. The Morgan fingerprint density at radius 1 is 1.40 bits per heavy atom. The van der Waals surface area contributed by atoms with Gasteiger partial charge in [-0.2, -0.15) is 0 Å². The van der Waals surface area contributed by atoms with Crippen LogP contribution in [-0.4, -0.2) is 25.6 Å². The summed E-state index contributed by atoms with van der Waals surface area (Å²) in [7, 11) is 0. The fourth-order valence-corrected chi connectivity index (χ4v) is 2.02. The molecule has 0 aromatic heterocycles. The highest BCUT2D eigenvalue weighted by atomic mass is 16.5. The number of nitrogens with two attached hydrogens (primary N) is 2. The molecule has 0 atom stereocenters. The predicted molar refractivity (Wildman–Crippen MR) is 82.9 cm³/mol. The number of anilines is 2. The Morgan fingerprint density at radius 2 is 2.10 bits per heavy atom. The standard InChI is InChI=1S/C15H25N3O2/c1-4-8-20-13-7-5-6-12(15(13)17)18(9-11(2)3)10-14(16)19/h5-7,11H,4,8-10,17H2,1-3H3,(H2,16,19). The SMILES string of the molecule is CCCOc1cccc(N(CC(N)=O)CC(C)C)c1N. The average molecular weight is 279 g/mol. The third kappa shape index (κ3) is 4.64. The van der Waals surface area contributed by atoms with Crippen molar-refractivity contribution in [2.75, 3.05) is 30.3 Å². The Hall–Kier alpha value is -1.91. The van der Waals surface area contributed by atoms with Crippen LogP contribution in [0.2, 0.25) is 0 Å². The molecule has 0 bridgehead atoms. The molecule has 0 aliphatic heterocycles. The first kappa shape index (κ1) is 16.1.